The molecule has 0 radical (unpaired) electrons. The minimum atomic E-state index is -0.00586. The molecule has 0 saturated carbocycles. The van der Waals surface area contributed by atoms with Crippen molar-refractivity contribution in [2.45, 2.75) is 13.8 Å². The van der Waals surface area contributed by atoms with Gasteiger partial charge in [0.15, 0.2) is 0 Å². The Morgan fingerprint density at radius 3 is 2.81 bits per heavy atom. The van der Waals surface area contributed by atoms with Crippen LogP contribution < -0.4 is 10.6 Å². The van der Waals surface area contributed by atoms with Crippen molar-refractivity contribution in [3.05, 3.63) is 29.3 Å². The van der Waals surface area contributed by atoms with E-state index in [0.717, 1.165) is 5.69 Å². The van der Waals surface area contributed by atoms with Crippen LogP contribution >= 0.6 is 11.6 Å². The van der Waals surface area contributed by atoms with Crippen molar-refractivity contribution in [1.29, 1.82) is 0 Å². The Labute approximate surface area is 101 Å². The molecule has 1 amide bonds. The molecule has 0 unspecified atom stereocenters. The minimum absolute atomic E-state index is 0.00586. The maximum atomic E-state index is 11.4. The van der Waals surface area contributed by atoms with Gasteiger partial charge in [0, 0.05) is 17.3 Å². The van der Waals surface area contributed by atoms with E-state index in [0.29, 0.717) is 17.5 Å². The molecule has 0 bridgehead atoms. The molecule has 0 aliphatic heterocycles. The second-order valence-corrected chi connectivity index (χ2v) is 4.50. The molecule has 0 atom stereocenters. The van der Waals surface area contributed by atoms with E-state index >= 15 is 0 Å². The van der Waals surface area contributed by atoms with Crippen LogP contribution in [-0.4, -0.2) is 19.0 Å². The molecule has 3 nitrogen and oxygen atoms in total. The third-order valence-electron chi connectivity index (χ3n) is 1.99. The van der Waals surface area contributed by atoms with Gasteiger partial charge in [0.05, 0.1) is 6.54 Å². The van der Waals surface area contributed by atoms with Crippen LogP contribution in [0, 0.1) is 5.92 Å². The van der Waals surface area contributed by atoms with Crippen molar-refractivity contribution in [3.63, 3.8) is 0 Å². The molecule has 1 aromatic rings. The van der Waals surface area contributed by atoms with Crippen LogP contribution in [0.3, 0.4) is 0 Å². The van der Waals surface area contributed by atoms with Gasteiger partial charge < -0.3 is 10.6 Å². The van der Waals surface area contributed by atoms with E-state index in [2.05, 4.69) is 24.5 Å². The molecule has 16 heavy (non-hydrogen) atoms. The molecule has 0 aliphatic carbocycles. The summed E-state index contributed by atoms with van der Waals surface area (Å²) < 4.78 is 0. The van der Waals surface area contributed by atoms with E-state index < -0.39 is 0 Å². The lowest BCUT2D eigenvalue weighted by Crippen LogP contribution is -2.32. The number of benzene rings is 1. The third-order valence-corrected chi connectivity index (χ3v) is 2.22. The number of anilines is 1. The number of amides is 1. The summed E-state index contributed by atoms with van der Waals surface area (Å²) in [7, 11) is 0. The molecule has 88 valence electrons. The van der Waals surface area contributed by atoms with Gasteiger partial charge in [0.2, 0.25) is 5.91 Å². The number of carbonyl (C=O) groups excluding carboxylic acids is 1. The van der Waals surface area contributed by atoms with Crippen LogP contribution in [0.25, 0.3) is 0 Å². The van der Waals surface area contributed by atoms with E-state index in [1.807, 2.05) is 12.1 Å². The summed E-state index contributed by atoms with van der Waals surface area (Å²) in [5.41, 5.74) is 0.854. The van der Waals surface area contributed by atoms with Crippen LogP contribution in [-0.2, 0) is 4.79 Å². The fourth-order valence-corrected chi connectivity index (χ4v) is 1.35. The highest BCUT2D eigenvalue weighted by molar-refractivity contribution is 6.30. The number of hydrogen-bond donors (Lipinski definition) is 2. The van der Waals surface area contributed by atoms with Crippen molar-refractivity contribution < 1.29 is 4.79 Å². The Morgan fingerprint density at radius 2 is 2.19 bits per heavy atom. The van der Waals surface area contributed by atoms with Gasteiger partial charge in [-0.25, -0.2) is 0 Å². The lowest BCUT2D eigenvalue weighted by Gasteiger charge is -2.09. The van der Waals surface area contributed by atoms with Gasteiger partial charge in [-0.15, -0.1) is 0 Å². The Hall–Kier alpha value is -1.22. The first-order valence-electron chi connectivity index (χ1n) is 5.34. The van der Waals surface area contributed by atoms with Gasteiger partial charge in [-0.3, -0.25) is 4.79 Å². The van der Waals surface area contributed by atoms with Gasteiger partial charge in [0.1, 0.15) is 0 Å². The molecule has 1 rings (SSSR count). The first kappa shape index (κ1) is 12.8. The predicted octanol–water partition coefficient (Wildman–Crippen LogP) is 2.52. The molecule has 0 aliphatic rings. The Balaban J connectivity index is 2.31. The topological polar surface area (TPSA) is 41.1 Å². The van der Waals surface area contributed by atoms with Crippen molar-refractivity contribution in [2.75, 3.05) is 18.4 Å². The molecule has 0 saturated heterocycles. The number of carbonyl (C=O) groups is 1. The molecule has 0 aromatic heterocycles. The zero-order valence-electron chi connectivity index (χ0n) is 9.59. The van der Waals surface area contributed by atoms with Gasteiger partial charge in [-0.2, -0.15) is 0 Å². The smallest absolute Gasteiger partial charge is 0.239 e. The fraction of sp³-hybridized carbons (Fsp3) is 0.417. The number of rotatable bonds is 5. The molecule has 0 heterocycles. The lowest BCUT2D eigenvalue weighted by molar-refractivity contribution is -0.119. The van der Waals surface area contributed by atoms with E-state index in [4.69, 9.17) is 11.6 Å². The van der Waals surface area contributed by atoms with E-state index in [1.165, 1.54) is 0 Å². The second-order valence-electron chi connectivity index (χ2n) is 4.06. The average molecular weight is 241 g/mol. The normalized spacial score (nSPS) is 10.2. The van der Waals surface area contributed by atoms with Crippen LogP contribution in [0.5, 0.6) is 0 Å². The highest BCUT2D eigenvalue weighted by Gasteiger charge is 2.01. The predicted molar refractivity (Wildman–Crippen MR) is 67.8 cm³/mol. The first-order chi connectivity index (χ1) is 7.58. The van der Waals surface area contributed by atoms with E-state index in [9.17, 15) is 4.79 Å². The molecule has 0 spiro atoms. The van der Waals surface area contributed by atoms with Crippen LogP contribution in [0.15, 0.2) is 24.3 Å². The quantitative estimate of drug-likeness (QED) is 0.831. The van der Waals surface area contributed by atoms with Crippen molar-refractivity contribution in [2.24, 2.45) is 5.92 Å². The van der Waals surface area contributed by atoms with Crippen molar-refractivity contribution in [1.82, 2.24) is 5.32 Å². The summed E-state index contributed by atoms with van der Waals surface area (Å²) in [6.07, 6.45) is 0. The van der Waals surface area contributed by atoms with Gasteiger partial charge in [-0.1, -0.05) is 31.5 Å². The highest BCUT2D eigenvalue weighted by atomic mass is 35.5. The standard InChI is InChI=1S/C12H17ClN2O/c1-9(2)7-15-12(16)8-14-11-5-3-4-10(13)6-11/h3-6,9,14H,7-8H2,1-2H3,(H,15,16). The van der Waals surface area contributed by atoms with Crippen molar-refractivity contribution >= 4 is 23.2 Å². The summed E-state index contributed by atoms with van der Waals surface area (Å²) in [6.45, 7) is 5.10. The molecule has 1 aromatic carbocycles. The average Bonchev–Trinajstić information content (AvgIpc) is 2.23. The maximum absolute atomic E-state index is 11.4. The number of nitrogens with one attached hydrogen (secondary N) is 2. The zero-order valence-corrected chi connectivity index (χ0v) is 10.3. The van der Waals surface area contributed by atoms with Gasteiger partial charge in [-0.05, 0) is 24.1 Å². The molecule has 4 heteroatoms. The van der Waals surface area contributed by atoms with Crippen LogP contribution in [0.1, 0.15) is 13.8 Å². The minimum Gasteiger partial charge on any atom is -0.376 e. The summed E-state index contributed by atoms with van der Waals surface area (Å²) in [5.74, 6) is 0.462. The number of halogens is 1. The third kappa shape index (κ3) is 5.03. The number of hydrogen-bond acceptors (Lipinski definition) is 2. The summed E-state index contributed by atoms with van der Waals surface area (Å²) >= 11 is 5.82. The van der Waals surface area contributed by atoms with E-state index in [-0.39, 0.29) is 12.5 Å². The Morgan fingerprint density at radius 1 is 1.44 bits per heavy atom. The van der Waals surface area contributed by atoms with Crippen molar-refractivity contribution in [3.8, 4) is 0 Å². The second kappa shape index (κ2) is 6.38. The van der Waals surface area contributed by atoms with Crippen LogP contribution in [0.4, 0.5) is 5.69 Å². The monoisotopic (exact) mass is 240 g/mol. The summed E-state index contributed by atoms with van der Waals surface area (Å²) in [4.78, 5) is 11.4. The molecule has 0 fully saturated rings. The summed E-state index contributed by atoms with van der Waals surface area (Å²) in [6, 6.07) is 7.31. The molecular weight excluding hydrogens is 224 g/mol. The van der Waals surface area contributed by atoms with Gasteiger partial charge in [0.25, 0.3) is 0 Å². The Kier molecular flexibility index (Phi) is 5.12. The fourth-order valence-electron chi connectivity index (χ4n) is 1.16. The van der Waals surface area contributed by atoms with Crippen LogP contribution in [0.2, 0.25) is 5.02 Å². The largest absolute Gasteiger partial charge is 0.376 e. The summed E-state index contributed by atoms with van der Waals surface area (Å²) in [5, 5.41) is 6.50. The highest BCUT2D eigenvalue weighted by Crippen LogP contribution is 2.14. The Bertz CT molecular complexity index is 353. The molecule has 2 N–H and O–H groups in total. The zero-order chi connectivity index (χ0) is 12.0. The molecular formula is C12H17ClN2O. The van der Waals surface area contributed by atoms with Gasteiger partial charge >= 0.3 is 0 Å². The van der Waals surface area contributed by atoms with E-state index in [1.54, 1.807) is 12.1 Å². The lowest BCUT2D eigenvalue weighted by atomic mass is 10.2. The maximum Gasteiger partial charge on any atom is 0.239 e. The first-order valence-corrected chi connectivity index (χ1v) is 5.72. The SMILES string of the molecule is CC(C)CNC(=O)CNc1cccc(Cl)c1.